The molecule has 0 spiro atoms. The van der Waals surface area contributed by atoms with Crippen LogP contribution in [-0.4, -0.2) is 17.8 Å². The monoisotopic (exact) mass is 266 g/mol. The van der Waals surface area contributed by atoms with Gasteiger partial charge in [-0.15, -0.1) is 11.3 Å². The molecule has 2 nitrogen and oxygen atoms in total. The zero-order valence-electron chi connectivity index (χ0n) is 10.5. The van der Waals surface area contributed by atoms with Crippen LogP contribution in [0.5, 0.6) is 0 Å². The van der Waals surface area contributed by atoms with Crippen molar-refractivity contribution in [2.45, 2.75) is 24.6 Å². The smallest absolute Gasteiger partial charge is 0.150 e. The van der Waals surface area contributed by atoms with Gasteiger partial charge in [-0.3, -0.25) is 0 Å². The number of nitrogens with zero attached hydrogens (tertiary/aromatic N) is 1. The molecule has 17 heavy (non-hydrogen) atoms. The summed E-state index contributed by atoms with van der Waals surface area (Å²) in [6, 6.07) is 6.42. The minimum atomic E-state index is 0.717. The molecule has 0 amide bonds. The Morgan fingerprint density at radius 3 is 3.00 bits per heavy atom. The fraction of sp³-hybridized carbons (Fsp3) is 0.462. The van der Waals surface area contributed by atoms with Crippen LogP contribution < -0.4 is 5.32 Å². The molecule has 0 aliphatic heterocycles. The summed E-state index contributed by atoms with van der Waals surface area (Å²) in [6.07, 6.45) is 3.28. The maximum Gasteiger partial charge on any atom is 0.150 e. The van der Waals surface area contributed by atoms with Gasteiger partial charge >= 0.3 is 0 Å². The van der Waals surface area contributed by atoms with E-state index in [2.05, 4.69) is 48.6 Å². The Bertz CT molecular complexity index is 493. The Morgan fingerprint density at radius 1 is 1.47 bits per heavy atom. The number of thiazole rings is 1. The molecule has 1 heterocycles. The molecule has 4 heteroatoms. The Morgan fingerprint density at radius 2 is 2.29 bits per heavy atom. The number of anilines is 1. The maximum absolute atomic E-state index is 4.54. The second kappa shape index (κ2) is 5.74. The van der Waals surface area contributed by atoms with Crippen LogP contribution >= 0.6 is 23.1 Å². The maximum atomic E-state index is 4.54. The predicted octanol–water partition coefficient (Wildman–Crippen LogP) is 4.48. The molecule has 1 aromatic carbocycles. The van der Waals surface area contributed by atoms with Crippen molar-refractivity contribution in [2.24, 2.45) is 5.92 Å². The third kappa shape index (κ3) is 3.13. The molecular formula is C13H18N2S2. The molecular weight excluding hydrogens is 248 g/mol. The summed E-state index contributed by atoms with van der Waals surface area (Å²) in [5.41, 5.74) is 2.31. The molecule has 1 atom stereocenters. The molecule has 1 N–H and O–H groups in total. The zero-order valence-corrected chi connectivity index (χ0v) is 12.1. The van der Waals surface area contributed by atoms with Crippen LogP contribution in [-0.2, 0) is 0 Å². The molecule has 0 bridgehead atoms. The molecule has 2 aromatic rings. The zero-order chi connectivity index (χ0) is 12.3. The van der Waals surface area contributed by atoms with Crippen LogP contribution in [0.1, 0.15) is 20.3 Å². The van der Waals surface area contributed by atoms with Gasteiger partial charge in [0, 0.05) is 12.2 Å². The summed E-state index contributed by atoms with van der Waals surface area (Å²) in [5.74, 6) is 0.717. The summed E-state index contributed by atoms with van der Waals surface area (Å²) in [6.45, 7) is 5.53. The Kier molecular flexibility index (Phi) is 4.29. The molecule has 1 unspecified atom stereocenters. The summed E-state index contributed by atoms with van der Waals surface area (Å²) in [7, 11) is 0. The second-order valence-electron chi connectivity index (χ2n) is 4.26. The average Bonchev–Trinajstić information content (AvgIpc) is 2.77. The molecule has 0 radical (unpaired) electrons. The van der Waals surface area contributed by atoms with E-state index in [9.17, 15) is 0 Å². The van der Waals surface area contributed by atoms with Gasteiger partial charge in [-0.2, -0.15) is 0 Å². The van der Waals surface area contributed by atoms with Crippen molar-refractivity contribution in [2.75, 3.05) is 18.1 Å². The van der Waals surface area contributed by atoms with Crippen molar-refractivity contribution >= 4 is 39.0 Å². The van der Waals surface area contributed by atoms with Gasteiger partial charge in [0.25, 0.3) is 0 Å². The first-order valence-corrected chi connectivity index (χ1v) is 7.95. The van der Waals surface area contributed by atoms with Gasteiger partial charge in [0.15, 0.2) is 4.34 Å². The number of aromatic nitrogens is 1. The molecule has 0 saturated heterocycles. The third-order valence-electron chi connectivity index (χ3n) is 2.90. The van der Waals surface area contributed by atoms with E-state index in [1.165, 1.54) is 16.8 Å². The topological polar surface area (TPSA) is 24.9 Å². The van der Waals surface area contributed by atoms with Gasteiger partial charge in [-0.05, 0) is 30.4 Å². The largest absolute Gasteiger partial charge is 0.385 e. The molecule has 92 valence electrons. The van der Waals surface area contributed by atoms with Crippen molar-refractivity contribution in [3.8, 4) is 0 Å². The Hall–Kier alpha value is -0.740. The summed E-state index contributed by atoms with van der Waals surface area (Å²) < 4.78 is 2.41. The molecule has 0 fully saturated rings. The van der Waals surface area contributed by atoms with Crippen molar-refractivity contribution < 1.29 is 0 Å². The van der Waals surface area contributed by atoms with Gasteiger partial charge in [0.1, 0.15) is 0 Å². The van der Waals surface area contributed by atoms with E-state index < -0.39 is 0 Å². The van der Waals surface area contributed by atoms with Crippen LogP contribution in [0, 0.1) is 5.92 Å². The number of hydrogen-bond donors (Lipinski definition) is 1. The van der Waals surface area contributed by atoms with Crippen molar-refractivity contribution in [1.82, 2.24) is 4.98 Å². The van der Waals surface area contributed by atoms with Crippen molar-refractivity contribution in [3.05, 3.63) is 18.2 Å². The van der Waals surface area contributed by atoms with E-state index >= 15 is 0 Å². The van der Waals surface area contributed by atoms with Gasteiger partial charge in [-0.1, -0.05) is 32.0 Å². The predicted molar refractivity (Wildman–Crippen MR) is 79.3 cm³/mol. The van der Waals surface area contributed by atoms with E-state index in [0.717, 1.165) is 16.4 Å². The molecule has 0 aliphatic carbocycles. The quantitative estimate of drug-likeness (QED) is 0.808. The number of benzene rings is 1. The minimum Gasteiger partial charge on any atom is -0.385 e. The number of nitrogens with one attached hydrogen (secondary N) is 1. The molecule has 1 aromatic heterocycles. The normalized spacial score (nSPS) is 12.9. The first-order valence-electron chi connectivity index (χ1n) is 5.91. The van der Waals surface area contributed by atoms with Crippen LogP contribution in [0.15, 0.2) is 22.5 Å². The fourth-order valence-electron chi connectivity index (χ4n) is 1.54. The highest BCUT2D eigenvalue weighted by Crippen LogP contribution is 2.29. The molecule has 0 saturated carbocycles. The number of thioether (sulfide) groups is 1. The van der Waals surface area contributed by atoms with Crippen molar-refractivity contribution in [3.63, 3.8) is 0 Å². The standard InChI is InChI=1S/C13H18N2S2/c1-4-9(2)8-14-10-5-6-11-12(7-10)17-13(15-11)16-3/h5-7,9,14H,4,8H2,1-3H3. The SMILES string of the molecule is CCC(C)CNc1ccc2nc(SC)sc2c1. The third-order valence-corrected chi connectivity index (χ3v) is 4.90. The Labute approximate surface area is 111 Å². The highest BCUT2D eigenvalue weighted by Gasteiger charge is 2.04. The van der Waals surface area contributed by atoms with Crippen LogP contribution in [0.3, 0.4) is 0 Å². The fourth-order valence-corrected chi connectivity index (χ4v) is 3.07. The Balaban J connectivity index is 2.13. The van der Waals surface area contributed by atoms with E-state index in [0.29, 0.717) is 5.92 Å². The van der Waals surface area contributed by atoms with Crippen molar-refractivity contribution in [1.29, 1.82) is 0 Å². The molecule has 0 aliphatic rings. The van der Waals surface area contributed by atoms with Crippen LogP contribution in [0.4, 0.5) is 5.69 Å². The lowest BCUT2D eigenvalue weighted by molar-refractivity contribution is 0.593. The molecule has 2 rings (SSSR count). The number of rotatable bonds is 5. The number of hydrogen-bond acceptors (Lipinski definition) is 4. The lowest BCUT2D eigenvalue weighted by Gasteiger charge is -2.10. The summed E-state index contributed by atoms with van der Waals surface area (Å²) in [5, 5.41) is 3.49. The second-order valence-corrected chi connectivity index (χ2v) is 6.34. The van der Waals surface area contributed by atoms with Gasteiger partial charge < -0.3 is 5.32 Å². The summed E-state index contributed by atoms with van der Waals surface area (Å²) >= 11 is 3.47. The van der Waals surface area contributed by atoms with Gasteiger partial charge in [0.2, 0.25) is 0 Å². The average molecular weight is 266 g/mol. The minimum absolute atomic E-state index is 0.717. The highest BCUT2D eigenvalue weighted by atomic mass is 32.2. The van der Waals surface area contributed by atoms with Gasteiger partial charge in [-0.25, -0.2) is 4.98 Å². The lowest BCUT2D eigenvalue weighted by atomic mass is 10.1. The van der Waals surface area contributed by atoms with E-state index in [4.69, 9.17) is 0 Å². The van der Waals surface area contributed by atoms with E-state index in [1.54, 1.807) is 23.1 Å². The van der Waals surface area contributed by atoms with E-state index in [-0.39, 0.29) is 0 Å². The lowest BCUT2D eigenvalue weighted by Crippen LogP contribution is -2.09. The number of fused-ring (bicyclic) bond motifs is 1. The van der Waals surface area contributed by atoms with Crippen LogP contribution in [0.2, 0.25) is 0 Å². The highest BCUT2D eigenvalue weighted by molar-refractivity contribution is 8.00. The first kappa shape index (κ1) is 12.7. The van der Waals surface area contributed by atoms with E-state index in [1.807, 2.05) is 0 Å². The first-order chi connectivity index (χ1) is 8.22. The summed E-state index contributed by atoms with van der Waals surface area (Å²) in [4.78, 5) is 4.54. The van der Waals surface area contributed by atoms with Crippen LogP contribution in [0.25, 0.3) is 10.2 Å². The van der Waals surface area contributed by atoms with Gasteiger partial charge in [0.05, 0.1) is 10.2 Å².